The zero-order chi connectivity index (χ0) is 13.8. The lowest BCUT2D eigenvalue weighted by atomic mass is 10.1. The summed E-state index contributed by atoms with van der Waals surface area (Å²) in [6.07, 6.45) is -2.33. The van der Waals surface area contributed by atoms with Crippen LogP contribution in [0.3, 0.4) is 0 Å². The first-order chi connectivity index (χ1) is 8.34. The van der Waals surface area contributed by atoms with Crippen molar-refractivity contribution in [1.82, 2.24) is 0 Å². The van der Waals surface area contributed by atoms with Gasteiger partial charge < -0.3 is 11.1 Å². The predicted octanol–water partition coefficient (Wildman–Crippen LogP) is 3.70. The molecule has 1 aromatic carbocycles. The van der Waals surface area contributed by atoms with Crippen molar-refractivity contribution in [3.63, 3.8) is 0 Å². The number of nitrogens with one attached hydrogen (secondary N) is 1. The predicted molar refractivity (Wildman–Crippen MR) is 71.9 cm³/mol. The van der Waals surface area contributed by atoms with Crippen LogP contribution >= 0.6 is 11.8 Å². The van der Waals surface area contributed by atoms with E-state index in [0.29, 0.717) is 18.2 Å². The van der Waals surface area contributed by atoms with E-state index in [1.54, 1.807) is 11.8 Å². The molecule has 6 heteroatoms. The van der Waals surface area contributed by atoms with Crippen molar-refractivity contribution in [2.24, 2.45) is 5.92 Å². The first-order valence-corrected chi connectivity index (χ1v) is 6.93. The molecule has 1 aromatic rings. The van der Waals surface area contributed by atoms with Crippen molar-refractivity contribution in [1.29, 1.82) is 0 Å². The summed E-state index contributed by atoms with van der Waals surface area (Å²) in [4.78, 5) is 0. The average molecular weight is 278 g/mol. The Morgan fingerprint density at radius 2 is 2.06 bits per heavy atom. The molecule has 0 amide bonds. The monoisotopic (exact) mass is 278 g/mol. The van der Waals surface area contributed by atoms with Crippen molar-refractivity contribution in [3.05, 3.63) is 23.8 Å². The molecule has 0 aliphatic heterocycles. The van der Waals surface area contributed by atoms with E-state index in [4.69, 9.17) is 5.73 Å². The molecular formula is C12H17F3N2S. The van der Waals surface area contributed by atoms with Gasteiger partial charge in [-0.25, -0.2) is 0 Å². The number of nitrogens with two attached hydrogens (primary N) is 1. The lowest BCUT2D eigenvalue weighted by Gasteiger charge is -2.15. The molecule has 0 spiro atoms. The minimum atomic E-state index is -4.35. The molecule has 0 heterocycles. The number of benzene rings is 1. The maximum absolute atomic E-state index is 12.4. The highest BCUT2D eigenvalue weighted by atomic mass is 32.2. The smallest absolute Gasteiger partial charge is 0.397 e. The van der Waals surface area contributed by atoms with Crippen LogP contribution in [0.4, 0.5) is 24.5 Å². The van der Waals surface area contributed by atoms with Gasteiger partial charge in [0, 0.05) is 6.54 Å². The number of rotatable bonds is 5. The van der Waals surface area contributed by atoms with Crippen molar-refractivity contribution in [2.45, 2.75) is 13.1 Å². The molecule has 1 unspecified atom stereocenters. The van der Waals surface area contributed by atoms with Gasteiger partial charge in [0.05, 0.1) is 16.9 Å². The second-order valence-corrected chi connectivity index (χ2v) is 5.15. The van der Waals surface area contributed by atoms with Gasteiger partial charge in [0.25, 0.3) is 0 Å². The molecule has 0 radical (unpaired) electrons. The van der Waals surface area contributed by atoms with Crippen molar-refractivity contribution < 1.29 is 13.2 Å². The molecule has 102 valence electrons. The molecule has 1 rings (SSSR count). The maximum atomic E-state index is 12.4. The minimum Gasteiger partial charge on any atom is -0.397 e. The lowest BCUT2D eigenvalue weighted by Crippen LogP contribution is -2.14. The van der Waals surface area contributed by atoms with E-state index in [1.165, 1.54) is 6.07 Å². The Morgan fingerprint density at radius 1 is 1.39 bits per heavy atom. The molecular weight excluding hydrogens is 261 g/mol. The highest BCUT2D eigenvalue weighted by Crippen LogP contribution is 2.32. The maximum Gasteiger partial charge on any atom is 0.416 e. The third kappa shape index (κ3) is 4.33. The fraction of sp³-hybridized carbons (Fsp3) is 0.500. The summed E-state index contributed by atoms with van der Waals surface area (Å²) in [5, 5.41) is 3.07. The first-order valence-electron chi connectivity index (χ1n) is 5.54. The van der Waals surface area contributed by atoms with Gasteiger partial charge >= 0.3 is 6.18 Å². The normalized spacial score (nSPS) is 13.4. The third-order valence-electron chi connectivity index (χ3n) is 2.47. The fourth-order valence-corrected chi connectivity index (χ4v) is 2.21. The highest BCUT2D eigenvalue weighted by molar-refractivity contribution is 7.98. The van der Waals surface area contributed by atoms with E-state index in [2.05, 4.69) is 12.2 Å². The molecule has 0 saturated heterocycles. The summed E-state index contributed by atoms with van der Waals surface area (Å²) >= 11 is 1.73. The van der Waals surface area contributed by atoms with Crippen molar-refractivity contribution in [3.8, 4) is 0 Å². The molecule has 0 aliphatic rings. The Kier molecular flexibility index (Phi) is 5.19. The van der Waals surface area contributed by atoms with Crippen LogP contribution in [-0.4, -0.2) is 18.6 Å². The zero-order valence-corrected chi connectivity index (χ0v) is 11.2. The van der Waals surface area contributed by atoms with Gasteiger partial charge in [0.1, 0.15) is 0 Å². The summed E-state index contributed by atoms with van der Waals surface area (Å²) in [6.45, 7) is 2.76. The molecule has 18 heavy (non-hydrogen) atoms. The summed E-state index contributed by atoms with van der Waals surface area (Å²) < 4.78 is 37.3. The van der Waals surface area contributed by atoms with Gasteiger partial charge in [-0.05, 0) is 36.1 Å². The van der Waals surface area contributed by atoms with Gasteiger partial charge in [-0.3, -0.25) is 0 Å². The van der Waals surface area contributed by atoms with Gasteiger partial charge in [-0.2, -0.15) is 24.9 Å². The van der Waals surface area contributed by atoms with Crippen LogP contribution < -0.4 is 11.1 Å². The highest BCUT2D eigenvalue weighted by Gasteiger charge is 2.30. The Balaban J connectivity index is 2.69. The van der Waals surface area contributed by atoms with E-state index in [-0.39, 0.29) is 5.69 Å². The molecule has 0 aromatic heterocycles. The van der Waals surface area contributed by atoms with E-state index in [9.17, 15) is 13.2 Å². The Morgan fingerprint density at radius 3 is 2.56 bits per heavy atom. The van der Waals surface area contributed by atoms with Gasteiger partial charge in [-0.1, -0.05) is 6.92 Å². The van der Waals surface area contributed by atoms with Gasteiger partial charge in [0.15, 0.2) is 0 Å². The minimum absolute atomic E-state index is 0.126. The third-order valence-corrected chi connectivity index (χ3v) is 3.37. The first kappa shape index (κ1) is 15.0. The van der Waals surface area contributed by atoms with Crippen LogP contribution in [0.2, 0.25) is 0 Å². The van der Waals surface area contributed by atoms with Gasteiger partial charge in [-0.15, -0.1) is 0 Å². The molecule has 0 saturated carbocycles. The summed E-state index contributed by atoms with van der Waals surface area (Å²) in [7, 11) is 0. The van der Waals surface area contributed by atoms with E-state index >= 15 is 0 Å². The number of halogens is 3. The number of thioether (sulfide) groups is 1. The Hall–Kier alpha value is -1.04. The molecule has 3 N–H and O–H groups in total. The number of anilines is 2. The van der Waals surface area contributed by atoms with E-state index in [1.807, 2.05) is 6.26 Å². The topological polar surface area (TPSA) is 38.0 Å². The van der Waals surface area contributed by atoms with Crippen LogP contribution in [0.1, 0.15) is 12.5 Å². The van der Waals surface area contributed by atoms with E-state index in [0.717, 1.165) is 17.9 Å². The molecule has 2 nitrogen and oxygen atoms in total. The fourth-order valence-electron chi connectivity index (χ4n) is 1.53. The largest absolute Gasteiger partial charge is 0.416 e. The second-order valence-electron chi connectivity index (χ2n) is 4.24. The molecule has 0 aliphatic carbocycles. The van der Waals surface area contributed by atoms with E-state index < -0.39 is 11.7 Å². The number of alkyl halides is 3. The summed E-state index contributed by atoms with van der Waals surface area (Å²) in [5.41, 5.74) is 5.57. The van der Waals surface area contributed by atoms with Crippen LogP contribution in [0, 0.1) is 5.92 Å². The van der Waals surface area contributed by atoms with Crippen LogP contribution in [0.15, 0.2) is 18.2 Å². The van der Waals surface area contributed by atoms with Crippen LogP contribution in [0.5, 0.6) is 0 Å². The number of hydrogen-bond donors (Lipinski definition) is 2. The summed E-state index contributed by atoms with van der Waals surface area (Å²) in [6, 6.07) is 3.38. The lowest BCUT2D eigenvalue weighted by molar-refractivity contribution is -0.137. The standard InChI is InChI=1S/C12H17F3N2S/c1-8(7-18-2)6-17-11-4-3-9(5-10(11)16)12(13,14)15/h3-5,8,17H,6-7,16H2,1-2H3. The average Bonchev–Trinajstić information content (AvgIpc) is 2.26. The van der Waals surface area contributed by atoms with Crippen molar-refractivity contribution in [2.75, 3.05) is 29.6 Å². The molecule has 0 bridgehead atoms. The number of nitrogen functional groups attached to an aromatic ring is 1. The molecule has 0 fully saturated rings. The number of hydrogen-bond acceptors (Lipinski definition) is 3. The van der Waals surface area contributed by atoms with Crippen LogP contribution in [0.25, 0.3) is 0 Å². The van der Waals surface area contributed by atoms with Crippen LogP contribution in [-0.2, 0) is 6.18 Å². The van der Waals surface area contributed by atoms with Crippen molar-refractivity contribution >= 4 is 23.1 Å². The Labute approximate surface area is 109 Å². The Bertz CT molecular complexity index is 393. The molecule has 1 atom stereocenters. The van der Waals surface area contributed by atoms with Gasteiger partial charge in [0.2, 0.25) is 0 Å². The second kappa shape index (κ2) is 6.22. The zero-order valence-electron chi connectivity index (χ0n) is 10.3. The quantitative estimate of drug-likeness (QED) is 0.807. The SMILES string of the molecule is CSCC(C)CNc1ccc(C(F)(F)F)cc1N. The summed E-state index contributed by atoms with van der Waals surface area (Å²) in [5.74, 6) is 1.43.